The van der Waals surface area contributed by atoms with Gasteiger partial charge in [0.25, 0.3) is 5.92 Å². The second-order valence-electron chi connectivity index (χ2n) is 32.7. The van der Waals surface area contributed by atoms with Crippen molar-refractivity contribution >= 4 is 62.5 Å². The summed E-state index contributed by atoms with van der Waals surface area (Å²) in [6.07, 6.45) is -9.02. The number of aromatic nitrogens is 1. The first-order valence-electron chi connectivity index (χ1n) is 39.6. The summed E-state index contributed by atoms with van der Waals surface area (Å²) >= 11 is 4.35. The number of halogens is 18. The number of alkyl halides is 16. The van der Waals surface area contributed by atoms with Gasteiger partial charge in [-0.1, -0.05) is 115 Å². The highest BCUT2D eigenvalue weighted by Crippen LogP contribution is 2.66. The number of aliphatic hydroxyl groups excluding tert-OH is 2. The Morgan fingerprint density at radius 3 is 0.888 bits per heavy atom. The third-order valence-corrected chi connectivity index (χ3v) is 27.1. The summed E-state index contributed by atoms with van der Waals surface area (Å²) in [6, 6.07) is 70.0. The molecule has 8 saturated carbocycles. The lowest BCUT2D eigenvalue weighted by Gasteiger charge is -2.65. The normalized spacial score (nSPS) is 24.9. The monoisotopic (exact) mass is 1950 g/mol. The Bertz CT molecular complexity index is 4220. The number of hydrogen-bond acceptors (Lipinski definition) is 16. The zero-order chi connectivity index (χ0) is 90.4. The van der Waals surface area contributed by atoms with Crippen LogP contribution in [0.4, 0.5) is 70.2 Å². The number of nitrogens with zero attached hydrogens (tertiary/aromatic N) is 1. The average Bonchev–Trinajstić information content (AvgIpc) is 0.704. The zero-order valence-corrected chi connectivity index (χ0v) is 72.3. The molecule has 8 aliphatic carbocycles. The van der Waals surface area contributed by atoms with E-state index in [2.05, 4.69) is 203 Å². The van der Waals surface area contributed by atoms with Crippen molar-refractivity contribution in [3.05, 3.63) is 213 Å². The van der Waals surface area contributed by atoms with Crippen LogP contribution in [0.5, 0.6) is 0 Å². The van der Waals surface area contributed by atoms with Crippen molar-refractivity contribution in [1.29, 1.82) is 0 Å². The lowest BCUT2D eigenvalue weighted by atomic mass is 9.51. The molecule has 4 atom stereocenters. The molecule has 0 radical (unpaired) electrons. The third kappa shape index (κ3) is 26.1. The second kappa shape index (κ2) is 41.9. The van der Waals surface area contributed by atoms with Crippen LogP contribution < -0.4 is 24.0 Å². The highest BCUT2D eigenvalue weighted by atomic mass is 127. The van der Waals surface area contributed by atoms with E-state index in [1.54, 1.807) is 12.4 Å². The van der Waals surface area contributed by atoms with Crippen LogP contribution in [0.2, 0.25) is 0 Å². The van der Waals surface area contributed by atoms with Crippen LogP contribution in [0, 0.1) is 46.3 Å². The number of benzene rings is 6. The smallest absolute Gasteiger partial charge is 0.453 e. The number of carbonyl (C=O) groups excluding carboxylic acids is 5. The molecule has 36 heteroatoms. The predicted octanol–water partition coefficient (Wildman–Crippen LogP) is 16.7. The number of aliphatic hydroxyl groups is 2. The molecule has 125 heavy (non-hydrogen) atoms. The molecule has 2 saturated heterocycles. The van der Waals surface area contributed by atoms with Gasteiger partial charge in [0.15, 0.2) is 40.9 Å². The largest absolute Gasteiger partial charge is 1.00 e. The van der Waals surface area contributed by atoms with Crippen LogP contribution in [-0.2, 0) is 83.7 Å². The number of hydrogen-bond donors (Lipinski definition) is 2. The number of carbonyl (C=O) groups is 5. The Hall–Kier alpha value is -7.62. The van der Waals surface area contributed by atoms with E-state index in [-0.39, 0.29) is 103 Å². The minimum absolute atomic E-state index is 0. The van der Waals surface area contributed by atoms with Crippen molar-refractivity contribution < 1.29 is 166 Å². The molecule has 6 aromatic carbocycles. The van der Waals surface area contributed by atoms with E-state index >= 15 is 0 Å². The Morgan fingerprint density at radius 2 is 0.664 bits per heavy atom. The summed E-state index contributed by atoms with van der Waals surface area (Å²) in [7, 11) is -0.0293. The van der Waals surface area contributed by atoms with Crippen LogP contribution in [0.1, 0.15) is 104 Å². The first-order valence-corrected chi connectivity index (χ1v) is 42.4. The minimum Gasteiger partial charge on any atom is -1.00 e. The summed E-state index contributed by atoms with van der Waals surface area (Å²) < 4.78 is 247. The van der Waals surface area contributed by atoms with Gasteiger partial charge in [-0.3, -0.25) is 19.4 Å². The second-order valence-corrected chi connectivity index (χ2v) is 37.2. The molecule has 2 aliphatic heterocycles. The van der Waals surface area contributed by atoms with E-state index in [0.717, 1.165) is 12.8 Å². The van der Waals surface area contributed by atoms with Gasteiger partial charge in [-0.25, -0.2) is 18.4 Å². The molecule has 0 amide bonds. The van der Waals surface area contributed by atoms with E-state index in [4.69, 9.17) is 33.2 Å². The maximum Gasteiger partial charge on any atom is 0.453 e. The van der Waals surface area contributed by atoms with Crippen LogP contribution in [0.15, 0.2) is 242 Å². The Labute approximate surface area is 739 Å². The van der Waals surface area contributed by atoms with Gasteiger partial charge in [-0.15, -0.1) is 0 Å². The lowest BCUT2D eigenvalue weighted by Crippen LogP contribution is -3.00. The molecule has 2 N–H and O–H groups in total. The summed E-state index contributed by atoms with van der Waals surface area (Å²) in [5, 5.41) is 17.4. The molecule has 7 aromatic rings. The van der Waals surface area contributed by atoms with Crippen LogP contribution in [-0.4, -0.2) is 162 Å². The average molecular weight is 1950 g/mol. The first-order chi connectivity index (χ1) is 58.2. The molecule has 8 bridgehead atoms. The summed E-state index contributed by atoms with van der Waals surface area (Å²) in [4.78, 5) is 69.3. The fourth-order valence-corrected chi connectivity index (χ4v) is 21.4. The Morgan fingerprint density at radius 1 is 0.400 bits per heavy atom. The molecular formula is C89H94ClF16INO15S2+. The Kier molecular flexibility index (Phi) is 33.9. The number of rotatable bonds is 22. The SMILES string of the molecule is CC(F)(F)C(=O)OC12CC3CC(C1)C1(OCC(CO)(CO)CO1)C(C3)C2.CC(F)(F)CC(=O)OCC1(COC(=O)CC(F)(F)C(F)(F)F)COC2(OC1)C1CC3CC2CC(OC(=O)C(C)(F)F)(C3)C1.O=C(Cl)CC(F)(F)C(F)(F)F.[I-].c1ccc([S+](c2ccccc2)c2ccccc2)cc1.c1ccc([S+](c2ccccc2)c2ccccc2)cc1.c1ccncc1. The molecule has 682 valence electrons. The van der Waals surface area contributed by atoms with Crippen molar-refractivity contribution in [2.75, 3.05) is 52.9 Å². The fraction of sp³-hybridized carbons (Fsp3) is 0.483. The van der Waals surface area contributed by atoms with Gasteiger partial charge in [0.05, 0.1) is 78.7 Å². The van der Waals surface area contributed by atoms with Crippen LogP contribution >= 0.6 is 11.6 Å². The summed E-state index contributed by atoms with van der Waals surface area (Å²) in [5.74, 6) is -30.3. The summed E-state index contributed by atoms with van der Waals surface area (Å²) in [5.41, 5.74) is -4.50. The maximum atomic E-state index is 13.6. The van der Waals surface area contributed by atoms with Crippen molar-refractivity contribution in [3.8, 4) is 0 Å². The maximum absolute atomic E-state index is 13.6. The zero-order valence-electron chi connectivity index (χ0n) is 67.8. The predicted molar refractivity (Wildman–Crippen MR) is 421 cm³/mol. The molecule has 3 heterocycles. The van der Waals surface area contributed by atoms with Gasteiger partial charge in [0.1, 0.15) is 37.3 Å². The van der Waals surface area contributed by atoms with Gasteiger partial charge in [-0.05, 0) is 179 Å². The van der Waals surface area contributed by atoms with Gasteiger partial charge in [0, 0.05) is 49.9 Å². The number of pyridine rings is 1. The molecule has 16 nitrogen and oxygen atoms in total. The van der Waals surface area contributed by atoms with E-state index < -0.39 is 162 Å². The summed E-state index contributed by atoms with van der Waals surface area (Å²) in [6.45, 7) is -1.23. The van der Waals surface area contributed by atoms with E-state index in [1.807, 2.05) is 18.2 Å². The topological polar surface area (TPSA) is 213 Å². The highest BCUT2D eigenvalue weighted by Gasteiger charge is 2.70. The highest BCUT2D eigenvalue weighted by molar-refractivity contribution is 7.97. The lowest BCUT2D eigenvalue weighted by molar-refractivity contribution is -0.397. The van der Waals surface area contributed by atoms with E-state index in [0.29, 0.717) is 65.2 Å². The van der Waals surface area contributed by atoms with E-state index in [9.17, 15) is 104 Å². The van der Waals surface area contributed by atoms with Crippen molar-refractivity contribution in [2.24, 2.45) is 46.3 Å². The molecule has 1 aromatic heterocycles. The molecule has 2 spiro atoms. The third-order valence-electron chi connectivity index (χ3n) is 22.5. The van der Waals surface area contributed by atoms with E-state index in [1.165, 1.54) is 29.4 Å². The fourth-order valence-electron chi connectivity index (χ4n) is 17.0. The molecule has 4 unspecified atom stereocenters. The number of ether oxygens (including phenoxy) is 8. The van der Waals surface area contributed by atoms with Crippen LogP contribution in [0.3, 0.4) is 0 Å². The Balaban J connectivity index is 0.000000185. The van der Waals surface area contributed by atoms with Crippen molar-refractivity contribution in [2.45, 2.75) is 198 Å². The first kappa shape index (κ1) is 101. The quantitative estimate of drug-likeness (QED) is 0.0161. The molecule has 10 aliphatic rings. The van der Waals surface area contributed by atoms with Crippen molar-refractivity contribution in [3.63, 3.8) is 0 Å². The molecule has 10 fully saturated rings. The minimum atomic E-state index is -6.02. The van der Waals surface area contributed by atoms with Crippen LogP contribution in [0.25, 0.3) is 0 Å². The molecular weight excluding hydrogens is 1850 g/mol. The standard InChI is InChI=1S/C26H31F9O8.C18H26F2O6.2C18H15S.C5H5N.C4H2ClF5O.HI/c1-20(27,28)8-17(36)39-10-22(11-40-18(37)9-24(31,32)26(33,34)35)12-41-25(42-13-22)15-3-14-4-16(25)7-23(5-14,6-15)43-19(38)21(2,29)30;1-15(19,20)14(23)26-17-4-11-2-12(5-17)18(13(3-11)6-17)24-9-16(7-21,8-22)10-25-18;2*1-4-10-16(11-5-1)19(17-12-6-2-7-13-17)18-14-8-3-9-15-18;1-2-4-6-5-3-1;5-2(11)1-3(6,7)4(8,9)10;/h14-16H,3-13H2,1-2H3;11-13,21-22H,2-10H2,1H3;2*1-15H;1-5H;1H2;1H/q;;2*+1;;;/p-1. The van der Waals surface area contributed by atoms with Gasteiger partial charge >= 0.3 is 59.9 Å². The van der Waals surface area contributed by atoms with Gasteiger partial charge in [0.2, 0.25) is 5.24 Å². The van der Waals surface area contributed by atoms with Gasteiger partial charge < -0.3 is 72.1 Å². The number of esters is 4. The van der Waals surface area contributed by atoms with Gasteiger partial charge in [-0.2, -0.15) is 61.5 Å². The van der Waals surface area contributed by atoms with Crippen molar-refractivity contribution in [1.82, 2.24) is 4.98 Å². The molecule has 17 rings (SSSR count).